The summed E-state index contributed by atoms with van der Waals surface area (Å²) in [6.45, 7) is 7.63. The van der Waals surface area contributed by atoms with Crippen LogP contribution in [0.4, 0.5) is 0 Å². The summed E-state index contributed by atoms with van der Waals surface area (Å²) in [5.41, 5.74) is 3.26. The van der Waals surface area contributed by atoms with E-state index in [1.165, 1.54) is 57.8 Å². The van der Waals surface area contributed by atoms with Gasteiger partial charge in [0.05, 0.1) is 0 Å². The van der Waals surface area contributed by atoms with Crippen molar-refractivity contribution in [1.82, 2.24) is 10.4 Å². The highest BCUT2D eigenvalue weighted by atomic mass is 16.2. The molecule has 1 rings (SSSR count). The number of nitrogens with zero attached hydrogens (tertiary/aromatic N) is 1. The van der Waals surface area contributed by atoms with Gasteiger partial charge in [0.1, 0.15) is 0 Å². The summed E-state index contributed by atoms with van der Waals surface area (Å²) >= 11 is 0. The van der Waals surface area contributed by atoms with Crippen LogP contribution in [0.3, 0.4) is 0 Å². The summed E-state index contributed by atoms with van der Waals surface area (Å²) in [7, 11) is 0. The molecule has 0 aromatic carbocycles. The van der Waals surface area contributed by atoms with Crippen LogP contribution in [0.2, 0.25) is 0 Å². The molecule has 2 atom stereocenters. The van der Waals surface area contributed by atoms with E-state index in [4.69, 9.17) is 0 Å². The molecule has 0 aromatic rings. The number of nitrogens with one attached hydrogen (secondary N) is 1. The lowest BCUT2D eigenvalue weighted by Gasteiger charge is -2.36. The number of amides is 1. The first-order valence-electron chi connectivity index (χ1n) is 9.80. The fourth-order valence-corrected chi connectivity index (χ4v) is 3.46. The van der Waals surface area contributed by atoms with E-state index in [0.29, 0.717) is 6.04 Å². The molecule has 0 aliphatic carbocycles. The highest BCUT2D eigenvalue weighted by molar-refractivity contribution is 5.78. The molecule has 1 N–H and O–H groups in total. The summed E-state index contributed by atoms with van der Waals surface area (Å²) in [6, 6.07) is 0.568. The van der Waals surface area contributed by atoms with E-state index >= 15 is 0 Å². The standard InChI is InChI=1S/C19H38N2O/c1-4-7-9-10-14-18-15-11-12-16-21(18)20-19(22)17(6-3)13-8-5-2/h17-18H,4-16H2,1-3H3,(H,20,22). The van der Waals surface area contributed by atoms with E-state index in [-0.39, 0.29) is 11.8 Å². The first kappa shape index (κ1) is 19.5. The van der Waals surface area contributed by atoms with E-state index in [0.717, 1.165) is 25.8 Å². The Morgan fingerprint density at radius 2 is 1.86 bits per heavy atom. The molecule has 130 valence electrons. The van der Waals surface area contributed by atoms with E-state index in [1.54, 1.807) is 0 Å². The molecule has 0 saturated carbocycles. The molecule has 1 heterocycles. The topological polar surface area (TPSA) is 32.3 Å². The summed E-state index contributed by atoms with van der Waals surface area (Å²) in [4.78, 5) is 12.5. The maximum Gasteiger partial charge on any atom is 0.237 e. The van der Waals surface area contributed by atoms with E-state index in [1.807, 2.05) is 0 Å². The molecule has 0 spiro atoms. The molecule has 3 heteroatoms. The van der Waals surface area contributed by atoms with Gasteiger partial charge in [0.15, 0.2) is 0 Å². The zero-order chi connectivity index (χ0) is 16.2. The lowest BCUT2D eigenvalue weighted by atomic mass is 9.97. The summed E-state index contributed by atoms with van der Waals surface area (Å²) in [6.07, 6.45) is 14.6. The normalized spacial score (nSPS) is 20.8. The van der Waals surface area contributed by atoms with Gasteiger partial charge in [-0.1, -0.05) is 65.7 Å². The third-order valence-corrected chi connectivity index (χ3v) is 5.04. The van der Waals surface area contributed by atoms with E-state index in [9.17, 15) is 4.79 Å². The molecule has 2 unspecified atom stereocenters. The fraction of sp³-hybridized carbons (Fsp3) is 0.947. The summed E-state index contributed by atoms with van der Waals surface area (Å²) in [5.74, 6) is 0.457. The minimum absolute atomic E-state index is 0.197. The van der Waals surface area contributed by atoms with Crippen molar-refractivity contribution in [2.45, 2.75) is 104 Å². The second-order valence-electron chi connectivity index (χ2n) is 6.92. The number of piperidine rings is 1. The number of unbranched alkanes of at least 4 members (excludes halogenated alkanes) is 4. The van der Waals surface area contributed by atoms with Gasteiger partial charge in [0.25, 0.3) is 0 Å². The fourth-order valence-electron chi connectivity index (χ4n) is 3.46. The third kappa shape index (κ3) is 7.13. The maximum absolute atomic E-state index is 12.5. The lowest BCUT2D eigenvalue weighted by molar-refractivity contribution is -0.132. The average molecular weight is 311 g/mol. The molecule has 0 radical (unpaired) electrons. The first-order chi connectivity index (χ1) is 10.7. The number of hydrogen-bond donors (Lipinski definition) is 1. The number of carbonyl (C=O) groups is 1. The largest absolute Gasteiger partial charge is 0.288 e. The molecule has 1 saturated heterocycles. The second-order valence-corrected chi connectivity index (χ2v) is 6.92. The SMILES string of the molecule is CCCCCCC1CCCCN1NC(=O)C(CC)CCCC. The maximum atomic E-state index is 12.5. The van der Waals surface area contributed by atoms with Crippen molar-refractivity contribution in [3.63, 3.8) is 0 Å². The van der Waals surface area contributed by atoms with Crippen LogP contribution >= 0.6 is 0 Å². The number of carbonyl (C=O) groups excluding carboxylic acids is 1. The zero-order valence-electron chi connectivity index (χ0n) is 15.2. The Bertz CT molecular complexity index is 293. The lowest BCUT2D eigenvalue weighted by Crippen LogP contribution is -2.52. The molecule has 22 heavy (non-hydrogen) atoms. The Kier molecular flexibility index (Phi) is 10.6. The average Bonchev–Trinajstić information content (AvgIpc) is 2.53. The Labute approximate surface area is 138 Å². The third-order valence-electron chi connectivity index (χ3n) is 5.04. The minimum Gasteiger partial charge on any atom is -0.288 e. The zero-order valence-corrected chi connectivity index (χ0v) is 15.2. The van der Waals surface area contributed by atoms with E-state index < -0.39 is 0 Å². The molecule has 1 aliphatic rings. The monoisotopic (exact) mass is 310 g/mol. The van der Waals surface area contributed by atoms with E-state index in [2.05, 4.69) is 31.2 Å². The number of hydrogen-bond acceptors (Lipinski definition) is 2. The van der Waals surface area contributed by atoms with Gasteiger partial charge in [-0.05, 0) is 32.1 Å². The highest BCUT2D eigenvalue weighted by Crippen LogP contribution is 2.21. The van der Waals surface area contributed by atoms with Gasteiger partial charge in [-0.15, -0.1) is 0 Å². The predicted octanol–water partition coefficient (Wildman–Crippen LogP) is 5.06. The van der Waals surface area contributed by atoms with Gasteiger partial charge in [-0.25, -0.2) is 5.01 Å². The van der Waals surface area contributed by atoms with Crippen LogP contribution in [0.15, 0.2) is 0 Å². The highest BCUT2D eigenvalue weighted by Gasteiger charge is 2.25. The van der Waals surface area contributed by atoms with Crippen molar-refractivity contribution in [3.05, 3.63) is 0 Å². The summed E-state index contributed by atoms with van der Waals surface area (Å²) < 4.78 is 0. The molecule has 3 nitrogen and oxygen atoms in total. The van der Waals surface area contributed by atoms with Crippen LogP contribution in [0.5, 0.6) is 0 Å². The van der Waals surface area contributed by atoms with Crippen molar-refractivity contribution < 1.29 is 4.79 Å². The molecular weight excluding hydrogens is 272 g/mol. The van der Waals surface area contributed by atoms with Crippen molar-refractivity contribution in [1.29, 1.82) is 0 Å². The second kappa shape index (κ2) is 11.9. The van der Waals surface area contributed by atoms with Crippen LogP contribution in [0.25, 0.3) is 0 Å². The molecule has 1 amide bonds. The van der Waals surface area contributed by atoms with Crippen LogP contribution in [0, 0.1) is 5.92 Å². The molecule has 1 aliphatic heterocycles. The minimum atomic E-state index is 0.197. The smallest absolute Gasteiger partial charge is 0.237 e. The van der Waals surface area contributed by atoms with Crippen molar-refractivity contribution in [2.75, 3.05) is 6.54 Å². The Hall–Kier alpha value is -0.570. The van der Waals surface area contributed by atoms with Crippen LogP contribution in [-0.2, 0) is 4.79 Å². The van der Waals surface area contributed by atoms with Crippen LogP contribution in [0.1, 0.15) is 97.8 Å². The first-order valence-corrected chi connectivity index (χ1v) is 9.80. The molecular formula is C19H38N2O. The van der Waals surface area contributed by atoms with Crippen LogP contribution in [-0.4, -0.2) is 23.5 Å². The number of rotatable bonds is 11. The Morgan fingerprint density at radius 1 is 1.09 bits per heavy atom. The molecule has 1 fully saturated rings. The van der Waals surface area contributed by atoms with Gasteiger partial charge in [-0.3, -0.25) is 10.2 Å². The van der Waals surface area contributed by atoms with Gasteiger partial charge in [0, 0.05) is 18.5 Å². The quantitative estimate of drug-likeness (QED) is 0.541. The van der Waals surface area contributed by atoms with Gasteiger partial charge in [0.2, 0.25) is 5.91 Å². The summed E-state index contributed by atoms with van der Waals surface area (Å²) in [5, 5.41) is 2.27. The van der Waals surface area contributed by atoms with Crippen molar-refractivity contribution in [3.8, 4) is 0 Å². The molecule has 0 bridgehead atoms. The van der Waals surface area contributed by atoms with Crippen LogP contribution < -0.4 is 5.43 Å². The van der Waals surface area contributed by atoms with Gasteiger partial charge >= 0.3 is 0 Å². The molecule has 0 aromatic heterocycles. The Morgan fingerprint density at radius 3 is 2.55 bits per heavy atom. The predicted molar refractivity (Wildman–Crippen MR) is 94.6 cm³/mol. The Balaban J connectivity index is 2.42. The van der Waals surface area contributed by atoms with Crippen molar-refractivity contribution >= 4 is 5.91 Å². The van der Waals surface area contributed by atoms with Gasteiger partial charge < -0.3 is 0 Å². The van der Waals surface area contributed by atoms with Crippen molar-refractivity contribution in [2.24, 2.45) is 5.92 Å². The van der Waals surface area contributed by atoms with Gasteiger partial charge in [-0.2, -0.15) is 0 Å². The number of hydrazine groups is 1.